The van der Waals surface area contributed by atoms with Crippen LogP contribution < -0.4 is 5.32 Å². The average Bonchev–Trinajstić information content (AvgIpc) is 2.84. The summed E-state index contributed by atoms with van der Waals surface area (Å²) in [5.41, 5.74) is 1.67. The molecule has 0 saturated carbocycles. The standard InChI is InChI=1S/C16H18F3N3O2/c1-11-8-14(20-15(23)12(2)24-10-16(17,18)19)22(21-11)9-13-6-4-3-5-7-13/h3-8,12H,9-10H2,1-2H3,(H,20,23)/t12-/m1/s1. The molecule has 0 aliphatic rings. The van der Waals surface area contributed by atoms with Gasteiger partial charge >= 0.3 is 6.18 Å². The summed E-state index contributed by atoms with van der Waals surface area (Å²) in [6.07, 6.45) is -5.70. The number of halogens is 3. The zero-order valence-electron chi connectivity index (χ0n) is 13.3. The predicted molar refractivity (Wildman–Crippen MR) is 82.6 cm³/mol. The zero-order chi connectivity index (χ0) is 17.7. The van der Waals surface area contributed by atoms with E-state index in [4.69, 9.17) is 0 Å². The maximum absolute atomic E-state index is 12.1. The first-order valence-electron chi connectivity index (χ1n) is 7.32. The molecule has 8 heteroatoms. The molecular weight excluding hydrogens is 323 g/mol. The lowest BCUT2D eigenvalue weighted by Crippen LogP contribution is -2.32. The third kappa shape index (κ3) is 5.38. The number of anilines is 1. The van der Waals surface area contributed by atoms with Crippen LogP contribution in [0.15, 0.2) is 36.4 Å². The molecule has 1 N–H and O–H groups in total. The van der Waals surface area contributed by atoms with Gasteiger partial charge in [-0.15, -0.1) is 0 Å². The van der Waals surface area contributed by atoms with Gasteiger partial charge in [0.15, 0.2) is 0 Å². The number of aromatic nitrogens is 2. The molecule has 0 bridgehead atoms. The zero-order valence-corrected chi connectivity index (χ0v) is 13.3. The summed E-state index contributed by atoms with van der Waals surface area (Å²) in [7, 11) is 0. The first kappa shape index (κ1) is 18.0. The summed E-state index contributed by atoms with van der Waals surface area (Å²) in [6.45, 7) is 2.00. The van der Waals surface area contributed by atoms with E-state index in [1.54, 1.807) is 17.7 Å². The predicted octanol–water partition coefficient (Wildman–Crippen LogP) is 3.15. The van der Waals surface area contributed by atoms with E-state index < -0.39 is 24.8 Å². The van der Waals surface area contributed by atoms with Gasteiger partial charge < -0.3 is 10.1 Å². The van der Waals surface area contributed by atoms with E-state index in [0.29, 0.717) is 18.1 Å². The number of hydrogen-bond donors (Lipinski definition) is 1. The van der Waals surface area contributed by atoms with E-state index in [2.05, 4.69) is 15.2 Å². The van der Waals surface area contributed by atoms with Crippen LogP contribution in [-0.4, -0.2) is 34.6 Å². The van der Waals surface area contributed by atoms with Gasteiger partial charge in [-0.2, -0.15) is 18.3 Å². The van der Waals surface area contributed by atoms with Gasteiger partial charge in [0, 0.05) is 6.07 Å². The Balaban J connectivity index is 2.03. The van der Waals surface area contributed by atoms with Crippen LogP contribution in [0, 0.1) is 6.92 Å². The minimum atomic E-state index is -4.47. The second kappa shape index (κ2) is 7.48. The number of benzene rings is 1. The summed E-state index contributed by atoms with van der Waals surface area (Å²) in [5, 5.41) is 6.84. The Labute approximate surface area is 137 Å². The molecule has 1 aromatic heterocycles. The second-order valence-electron chi connectivity index (χ2n) is 5.37. The van der Waals surface area contributed by atoms with Gasteiger partial charge in [0.1, 0.15) is 18.5 Å². The fraction of sp³-hybridized carbons (Fsp3) is 0.375. The number of alkyl halides is 3. The van der Waals surface area contributed by atoms with Gasteiger partial charge in [0.2, 0.25) is 0 Å². The molecule has 0 unspecified atom stereocenters. The van der Waals surface area contributed by atoms with Crippen molar-refractivity contribution in [2.75, 3.05) is 11.9 Å². The molecule has 2 aromatic rings. The highest BCUT2D eigenvalue weighted by atomic mass is 19.4. The van der Waals surface area contributed by atoms with Crippen LogP contribution in [0.25, 0.3) is 0 Å². The fourth-order valence-electron chi connectivity index (χ4n) is 2.05. The lowest BCUT2D eigenvalue weighted by molar-refractivity contribution is -0.184. The highest BCUT2D eigenvalue weighted by Gasteiger charge is 2.30. The number of nitrogens with zero attached hydrogens (tertiary/aromatic N) is 2. The van der Waals surface area contributed by atoms with E-state index in [-0.39, 0.29) is 0 Å². The topological polar surface area (TPSA) is 56.1 Å². The van der Waals surface area contributed by atoms with Crippen molar-refractivity contribution >= 4 is 11.7 Å². The first-order valence-corrected chi connectivity index (χ1v) is 7.32. The van der Waals surface area contributed by atoms with Crippen LogP contribution in [0.4, 0.5) is 19.0 Å². The minimum Gasteiger partial charge on any atom is -0.359 e. The lowest BCUT2D eigenvalue weighted by atomic mass is 10.2. The molecule has 5 nitrogen and oxygen atoms in total. The molecule has 0 fully saturated rings. The van der Waals surface area contributed by atoms with Crippen LogP contribution in [-0.2, 0) is 16.1 Å². The largest absolute Gasteiger partial charge is 0.411 e. The van der Waals surface area contributed by atoms with Crippen molar-refractivity contribution < 1.29 is 22.7 Å². The third-order valence-corrected chi connectivity index (χ3v) is 3.19. The number of carbonyl (C=O) groups excluding carboxylic acids is 1. The molecule has 0 saturated heterocycles. The molecule has 1 aromatic carbocycles. The van der Waals surface area contributed by atoms with Crippen molar-refractivity contribution in [3.8, 4) is 0 Å². The number of rotatable bonds is 6. The van der Waals surface area contributed by atoms with Crippen LogP contribution in [0.3, 0.4) is 0 Å². The number of amides is 1. The van der Waals surface area contributed by atoms with Gasteiger partial charge in [-0.1, -0.05) is 30.3 Å². The summed E-state index contributed by atoms with van der Waals surface area (Å²) in [6, 6.07) is 11.1. The summed E-state index contributed by atoms with van der Waals surface area (Å²) in [4.78, 5) is 12.0. The Morgan fingerprint density at radius 3 is 2.62 bits per heavy atom. The van der Waals surface area contributed by atoms with Crippen LogP contribution in [0.2, 0.25) is 0 Å². The van der Waals surface area contributed by atoms with E-state index >= 15 is 0 Å². The lowest BCUT2D eigenvalue weighted by Gasteiger charge is -2.15. The third-order valence-electron chi connectivity index (χ3n) is 3.19. The Morgan fingerprint density at radius 2 is 2.00 bits per heavy atom. The van der Waals surface area contributed by atoms with Crippen molar-refractivity contribution in [2.45, 2.75) is 32.7 Å². The molecule has 2 rings (SSSR count). The number of ether oxygens (including phenoxy) is 1. The van der Waals surface area contributed by atoms with Gasteiger partial charge in [-0.05, 0) is 19.4 Å². The maximum Gasteiger partial charge on any atom is 0.411 e. The van der Waals surface area contributed by atoms with E-state index in [1.807, 2.05) is 30.3 Å². The molecule has 0 aliphatic heterocycles. The number of carbonyl (C=O) groups is 1. The number of hydrogen-bond acceptors (Lipinski definition) is 3. The van der Waals surface area contributed by atoms with Crippen molar-refractivity contribution in [1.82, 2.24) is 9.78 Å². The number of nitrogens with one attached hydrogen (secondary N) is 1. The maximum atomic E-state index is 12.1. The van der Waals surface area contributed by atoms with Crippen molar-refractivity contribution in [2.24, 2.45) is 0 Å². The second-order valence-corrected chi connectivity index (χ2v) is 5.37. The van der Waals surface area contributed by atoms with Gasteiger partial charge in [0.05, 0.1) is 12.2 Å². The van der Waals surface area contributed by atoms with E-state index in [9.17, 15) is 18.0 Å². The van der Waals surface area contributed by atoms with Gasteiger partial charge in [-0.25, -0.2) is 4.68 Å². The molecule has 0 aliphatic carbocycles. The molecule has 0 spiro atoms. The highest BCUT2D eigenvalue weighted by molar-refractivity contribution is 5.93. The average molecular weight is 341 g/mol. The van der Waals surface area contributed by atoms with Gasteiger partial charge in [0.25, 0.3) is 5.91 Å². The molecule has 1 atom stereocenters. The summed E-state index contributed by atoms with van der Waals surface area (Å²) in [5.74, 6) is -0.253. The normalized spacial score (nSPS) is 12.9. The van der Waals surface area contributed by atoms with Crippen LogP contribution in [0.1, 0.15) is 18.2 Å². The van der Waals surface area contributed by atoms with E-state index in [1.165, 1.54) is 6.92 Å². The monoisotopic (exact) mass is 341 g/mol. The smallest absolute Gasteiger partial charge is 0.359 e. The quantitative estimate of drug-likeness (QED) is 0.878. The molecule has 0 radical (unpaired) electrons. The van der Waals surface area contributed by atoms with Gasteiger partial charge in [-0.3, -0.25) is 4.79 Å². The summed E-state index contributed by atoms with van der Waals surface area (Å²) >= 11 is 0. The van der Waals surface area contributed by atoms with Crippen molar-refractivity contribution in [3.63, 3.8) is 0 Å². The van der Waals surface area contributed by atoms with Crippen molar-refractivity contribution in [1.29, 1.82) is 0 Å². The molecule has 1 amide bonds. The first-order chi connectivity index (χ1) is 11.2. The Kier molecular flexibility index (Phi) is 5.61. The molecular formula is C16H18F3N3O2. The molecule has 130 valence electrons. The fourth-order valence-corrected chi connectivity index (χ4v) is 2.05. The Morgan fingerprint density at radius 1 is 1.33 bits per heavy atom. The molecule has 1 heterocycles. The SMILES string of the molecule is Cc1cc(NC(=O)[C@@H](C)OCC(F)(F)F)n(Cc2ccccc2)n1. The van der Waals surface area contributed by atoms with E-state index in [0.717, 1.165) is 5.56 Å². The van der Waals surface area contributed by atoms with Crippen LogP contribution in [0.5, 0.6) is 0 Å². The highest BCUT2D eigenvalue weighted by Crippen LogP contribution is 2.17. The summed E-state index contributed by atoms with van der Waals surface area (Å²) < 4.78 is 42.6. The van der Waals surface area contributed by atoms with Crippen molar-refractivity contribution in [3.05, 3.63) is 47.7 Å². The Bertz CT molecular complexity index is 684. The molecule has 24 heavy (non-hydrogen) atoms. The number of aryl methyl sites for hydroxylation is 1. The minimum absolute atomic E-state index is 0.406. The Hall–Kier alpha value is -2.35. The van der Waals surface area contributed by atoms with Crippen LogP contribution >= 0.6 is 0 Å².